The summed E-state index contributed by atoms with van der Waals surface area (Å²) in [6.45, 7) is 0. The van der Waals surface area contributed by atoms with Crippen LogP contribution in [0.3, 0.4) is 0 Å². The normalized spacial score (nSPS) is 12.2. The summed E-state index contributed by atoms with van der Waals surface area (Å²) >= 11 is 0. The third-order valence-corrected chi connectivity index (χ3v) is 6.31. The van der Waals surface area contributed by atoms with Crippen LogP contribution in [0.1, 0.15) is 0 Å². The summed E-state index contributed by atoms with van der Waals surface area (Å²) in [4.78, 5) is 0. The Kier molecular flexibility index (Phi) is 6.31. The minimum atomic E-state index is -3.57. The van der Waals surface area contributed by atoms with E-state index in [1.54, 1.807) is 48.5 Å². The minimum absolute atomic E-state index is 0.407. The molecule has 0 amide bonds. The molecule has 0 fully saturated rings. The van der Waals surface area contributed by atoms with E-state index in [-0.39, 0.29) is 0 Å². The van der Waals surface area contributed by atoms with Crippen molar-refractivity contribution in [2.45, 2.75) is 0 Å². The average Bonchev–Trinajstić information content (AvgIpc) is 2.57. The molecule has 0 saturated carbocycles. The lowest BCUT2D eigenvalue weighted by molar-refractivity contribution is 0.483. The standard InChI is InChI=1S/C16H22N4O5S2/c1-19(2)26(21,22)17-13-5-9-15(10-6-13)25-16-11-7-14(8-12-16)18-27(23,24)20(3)4/h5-12,17-18H,1-4H3. The topological polar surface area (TPSA) is 108 Å². The molecule has 0 heterocycles. The van der Waals surface area contributed by atoms with Crippen molar-refractivity contribution in [2.24, 2.45) is 0 Å². The van der Waals surface area contributed by atoms with Crippen molar-refractivity contribution in [1.82, 2.24) is 8.61 Å². The smallest absolute Gasteiger partial charge is 0.301 e. The van der Waals surface area contributed by atoms with Gasteiger partial charge in [-0.3, -0.25) is 9.44 Å². The summed E-state index contributed by atoms with van der Waals surface area (Å²) in [7, 11) is -1.40. The molecule has 27 heavy (non-hydrogen) atoms. The molecular formula is C16H22N4O5S2. The number of nitrogens with one attached hydrogen (secondary N) is 2. The molecule has 2 aromatic rings. The van der Waals surface area contributed by atoms with Crippen molar-refractivity contribution < 1.29 is 21.6 Å². The van der Waals surface area contributed by atoms with E-state index in [9.17, 15) is 16.8 Å². The zero-order valence-electron chi connectivity index (χ0n) is 15.4. The lowest BCUT2D eigenvalue weighted by Gasteiger charge is -2.14. The van der Waals surface area contributed by atoms with Gasteiger partial charge in [0.2, 0.25) is 0 Å². The fourth-order valence-electron chi connectivity index (χ4n) is 1.80. The molecule has 2 aromatic carbocycles. The van der Waals surface area contributed by atoms with Crippen LogP contribution in [0.15, 0.2) is 48.5 Å². The first kappa shape index (κ1) is 21.0. The molecule has 0 radical (unpaired) electrons. The van der Waals surface area contributed by atoms with Crippen LogP contribution in [0, 0.1) is 0 Å². The van der Waals surface area contributed by atoms with Gasteiger partial charge in [0.1, 0.15) is 11.5 Å². The van der Waals surface area contributed by atoms with E-state index in [1.807, 2.05) is 0 Å². The van der Waals surface area contributed by atoms with E-state index in [4.69, 9.17) is 4.74 Å². The van der Waals surface area contributed by atoms with E-state index in [1.165, 1.54) is 28.2 Å². The highest BCUT2D eigenvalue weighted by molar-refractivity contribution is 7.90. The van der Waals surface area contributed by atoms with Gasteiger partial charge in [-0.05, 0) is 48.5 Å². The quantitative estimate of drug-likeness (QED) is 0.686. The molecule has 11 heteroatoms. The van der Waals surface area contributed by atoms with Gasteiger partial charge in [0.15, 0.2) is 0 Å². The van der Waals surface area contributed by atoms with E-state index in [0.717, 1.165) is 8.61 Å². The highest BCUT2D eigenvalue weighted by Crippen LogP contribution is 2.25. The van der Waals surface area contributed by atoms with E-state index in [0.29, 0.717) is 22.9 Å². The Bertz CT molecular complexity index is 889. The van der Waals surface area contributed by atoms with Crippen LogP contribution in [0.2, 0.25) is 0 Å². The molecular weight excluding hydrogens is 392 g/mol. The summed E-state index contributed by atoms with van der Waals surface area (Å²) in [5.74, 6) is 1.01. The molecule has 0 bridgehead atoms. The fourth-order valence-corrected chi connectivity index (χ4v) is 3.03. The van der Waals surface area contributed by atoms with Crippen molar-refractivity contribution >= 4 is 31.8 Å². The van der Waals surface area contributed by atoms with Gasteiger partial charge in [0.05, 0.1) is 11.4 Å². The summed E-state index contributed by atoms with van der Waals surface area (Å²) in [5, 5.41) is 0. The van der Waals surface area contributed by atoms with Crippen LogP contribution in [0.5, 0.6) is 11.5 Å². The predicted octanol–water partition coefficient (Wildman–Crippen LogP) is 1.92. The van der Waals surface area contributed by atoms with E-state index >= 15 is 0 Å². The van der Waals surface area contributed by atoms with Crippen LogP contribution < -0.4 is 14.2 Å². The molecule has 148 valence electrons. The summed E-state index contributed by atoms with van der Waals surface area (Å²) in [6.07, 6.45) is 0. The zero-order valence-corrected chi connectivity index (χ0v) is 17.0. The average molecular weight is 415 g/mol. The Morgan fingerprint density at radius 2 is 0.926 bits per heavy atom. The zero-order chi connectivity index (χ0) is 20.2. The largest absolute Gasteiger partial charge is 0.457 e. The number of anilines is 2. The van der Waals surface area contributed by atoms with Crippen molar-refractivity contribution in [3.8, 4) is 11.5 Å². The third kappa shape index (κ3) is 5.82. The molecule has 0 aliphatic carbocycles. The number of hydrogen-bond acceptors (Lipinski definition) is 5. The molecule has 9 nitrogen and oxygen atoms in total. The van der Waals surface area contributed by atoms with Gasteiger partial charge in [-0.1, -0.05) is 0 Å². The number of nitrogens with zero attached hydrogens (tertiary/aromatic N) is 2. The molecule has 2 N–H and O–H groups in total. The first-order valence-electron chi connectivity index (χ1n) is 7.78. The van der Waals surface area contributed by atoms with Gasteiger partial charge >= 0.3 is 20.4 Å². The SMILES string of the molecule is CN(C)S(=O)(=O)Nc1ccc(Oc2ccc(NS(=O)(=O)N(C)C)cc2)cc1. The van der Waals surface area contributed by atoms with Gasteiger partial charge in [0.25, 0.3) is 0 Å². The van der Waals surface area contributed by atoms with Crippen LogP contribution in [0.25, 0.3) is 0 Å². The highest BCUT2D eigenvalue weighted by atomic mass is 32.2. The van der Waals surface area contributed by atoms with Crippen LogP contribution in [-0.4, -0.2) is 53.6 Å². The second-order valence-corrected chi connectivity index (χ2v) is 9.70. The first-order chi connectivity index (χ1) is 12.5. The molecule has 2 rings (SSSR count). The lowest BCUT2D eigenvalue weighted by Crippen LogP contribution is -2.28. The van der Waals surface area contributed by atoms with Crippen molar-refractivity contribution in [3.63, 3.8) is 0 Å². The number of ether oxygens (including phenoxy) is 1. The van der Waals surface area contributed by atoms with Crippen molar-refractivity contribution in [1.29, 1.82) is 0 Å². The Balaban J connectivity index is 2.03. The van der Waals surface area contributed by atoms with Gasteiger partial charge in [-0.2, -0.15) is 25.4 Å². The van der Waals surface area contributed by atoms with Crippen molar-refractivity contribution in [3.05, 3.63) is 48.5 Å². The van der Waals surface area contributed by atoms with Crippen LogP contribution in [0.4, 0.5) is 11.4 Å². The molecule has 0 saturated heterocycles. The summed E-state index contributed by atoms with van der Waals surface area (Å²) in [5.41, 5.74) is 0.814. The van der Waals surface area contributed by atoms with Crippen molar-refractivity contribution in [2.75, 3.05) is 37.6 Å². The second-order valence-electron chi connectivity index (χ2n) is 5.93. The van der Waals surface area contributed by atoms with Crippen LogP contribution in [-0.2, 0) is 20.4 Å². The van der Waals surface area contributed by atoms with E-state index in [2.05, 4.69) is 9.44 Å². The third-order valence-electron chi connectivity index (χ3n) is 3.40. The van der Waals surface area contributed by atoms with Gasteiger partial charge in [-0.25, -0.2) is 0 Å². The number of benzene rings is 2. The molecule has 0 aliphatic rings. The fraction of sp³-hybridized carbons (Fsp3) is 0.250. The number of rotatable bonds is 8. The van der Waals surface area contributed by atoms with Gasteiger partial charge in [0, 0.05) is 28.2 Å². The Morgan fingerprint density at radius 3 is 1.19 bits per heavy atom. The molecule has 0 aliphatic heterocycles. The minimum Gasteiger partial charge on any atom is -0.457 e. The maximum atomic E-state index is 11.8. The maximum absolute atomic E-state index is 11.8. The number of hydrogen-bond donors (Lipinski definition) is 2. The molecule has 0 spiro atoms. The Labute approximate surface area is 159 Å². The van der Waals surface area contributed by atoms with Crippen LogP contribution >= 0.6 is 0 Å². The predicted molar refractivity (Wildman–Crippen MR) is 105 cm³/mol. The summed E-state index contributed by atoms with van der Waals surface area (Å²) in [6, 6.07) is 12.8. The lowest BCUT2D eigenvalue weighted by atomic mass is 10.3. The first-order valence-corrected chi connectivity index (χ1v) is 10.7. The Morgan fingerprint density at radius 1 is 0.630 bits per heavy atom. The van der Waals surface area contributed by atoms with E-state index < -0.39 is 20.4 Å². The Hall–Kier alpha value is -2.34. The molecule has 0 unspecified atom stereocenters. The molecule has 0 atom stereocenters. The van der Waals surface area contributed by atoms with Gasteiger partial charge in [-0.15, -0.1) is 0 Å². The maximum Gasteiger partial charge on any atom is 0.301 e. The highest BCUT2D eigenvalue weighted by Gasteiger charge is 2.14. The molecule has 0 aromatic heterocycles. The monoisotopic (exact) mass is 414 g/mol. The van der Waals surface area contributed by atoms with Gasteiger partial charge < -0.3 is 4.74 Å². The summed E-state index contributed by atoms with van der Waals surface area (Å²) < 4.78 is 59.8. The second kappa shape index (κ2) is 8.13.